The molecule has 0 fully saturated rings. The Balaban J connectivity index is 3.06. The SMILES string of the molecule is CS(=O)(=O)[C@H](Br)[C@H](O)c1ccccc1F. The first-order chi connectivity index (χ1) is 6.84. The fourth-order valence-electron chi connectivity index (χ4n) is 1.09. The van der Waals surface area contributed by atoms with Crippen molar-refractivity contribution >= 4 is 25.8 Å². The van der Waals surface area contributed by atoms with Gasteiger partial charge in [0.25, 0.3) is 0 Å². The third kappa shape index (κ3) is 2.99. The lowest BCUT2D eigenvalue weighted by Gasteiger charge is -2.16. The van der Waals surface area contributed by atoms with Crippen molar-refractivity contribution in [2.45, 2.75) is 10.3 Å². The van der Waals surface area contributed by atoms with Gasteiger partial charge in [-0.25, -0.2) is 12.8 Å². The van der Waals surface area contributed by atoms with Gasteiger partial charge in [-0.2, -0.15) is 0 Å². The van der Waals surface area contributed by atoms with Gasteiger partial charge in [0.1, 0.15) is 16.1 Å². The molecule has 1 N–H and O–H groups in total. The van der Waals surface area contributed by atoms with Gasteiger partial charge in [-0.15, -0.1) is 0 Å². The number of rotatable bonds is 3. The van der Waals surface area contributed by atoms with Crippen LogP contribution in [0.1, 0.15) is 11.7 Å². The summed E-state index contributed by atoms with van der Waals surface area (Å²) in [5.74, 6) is -0.627. The van der Waals surface area contributed by atoms with E-state index in [0.29, 0.717) is 0 Å². The summed E-state index contributed by atoms with van der Waals surface area (Å²) in [6, 6.07) is 5.51. The number of aliphatic hydroxyl groups is 1. The van der Waals surface area contributed by atoms with E-state index in [1.165, 1.54) is 24.3 Å². The predicted molar refractivity (Wildman–Crippen MR) is 58.9 cm³/mol. The van der Waals surface area contributed by atoms with Gasteiger partial charge in [0.2, 0.25) is 0 Å². The Bertz CT molecular complexity index is 446. The van der Waals surface area contributed by atoms with Crippen molar-refractivity contribution in [3.8, 4) is 0 Å². The Morgan fingerprint density at radius 3 is 2.40 bits per heavy atom. The van der Waals surface area contributed by atoms with Crippen LogP contribution in [0.15, 0.2) is 24.3 Å². The molecule has 0 aliphatic rings. The van der Waals surface area contributed by atoms with E-state index < -0.39 is 25.9 Å². The zero-order chi connectivity index (χ0) is 11.6. The molecule has 15 heavy (non-hydrogen) atoms. The summed E-state index contributed by atoms with van der Waals surface area (Å²) >= 11 is 2.83. The van der Waals surface area contributed by atoms with E-state index in [4.69, 9.17) is 0 Å². The van der Waals surface area contributed by atoms with E-state index in [0.717, 1.165) is 6.26 Å². The van der Waals surface area contributed by atoms with Gasteiger partial charge in [-0.05, 0) is 6.07 Å². The molecule has 0 unspecified atom stereocenters. The number of halogens is 2. The normalized spacial score (nSPS) is 16.0. The van der Waals surface area contributed by atoms with Gasteiger partial charge >= 0.3 is 0 Å². The highest BCUT2D eigenvalue weighted by atomic mass is 79.9. The molecule has 0 aliphatic carbocycles. The van der Waals surface area contributed by atoms with Crippen LogP contribution in [0.4, 0.5) is 4.39 Å². The molecule has 0 spiro atoms. The molecule has 0 saturated carbocycles. The minimum Gasteiger partial charge on any atom is -0.386 e. The van der Waals surface area contributed by atoms with Crippen molar-refractivity contribution in [2.24, 2.45) is 0 Å². The molecule has 0 aliphatic heterocycles. The first-order valence-corrected chi connectivity index (χ1v) is 6.96. The second kappa shape index (κ2) is 4.59. The molecule has 6 heteroatoms. The van der Waals surface area contributed by atoms with E-state index in [-0.39, 0.29) is 5.56 Å². The van der Waals surface area contributed by atoms with Gasteiger partial charge in [-0.1, -0.05) is 34.1 Å². The van der Waals surface area contributed by atoms with Crippen LogP contribution in [0.2, 0.25) is 0 Å². The molecule has 2 atom stereocenters. The average Bonchev–Trinajstić information content (AvgIpc) is 2.15. The number of sulfone groups is 1. The van der Waals surface area contributed by atoms with E-state index in [2.05, 4.69) is 15.9 Å². The van der Waals surface area contributed by atoms with Crippen LogP contribution in [0.25, 0.3) is 0 Å². The minimum atomic E-state index is -3.47. The van der Waals surface area contributed by atoms with Gasteiger partial charge in [0, 0.05) is 11.8 Å². The molecule has 0 amide bonds. The smallest absolute Gasteiger partial charge is 0.163 e. The highest BCUT2D eigenvalue weighted by Gasteiger charge is 2.28. The van der Waals surface area contributed by atoms with Crippen molar-refractivity contribution < 1.29 is 17.9 Å². The molecule has 0 aromatic heterocycles. The Labute approximate surface area is 96.0 Å². The second-order valence-corrected chi connectivity index (χ2v) is 6.91. The lowest BCUT2D eigenvalue weighted by atomic mass is 10.1. The summed E-state index contributed by atoms with van der Waals surface area (Å²) in [6.45, 7) is 0. The summed E-state index contributed by atoms with van der Waals surface area (Å²) in [5, 5.41) is 9.64. The minimum absolute atomic E-state index is 0.0372. The maximum Gasteiger partial charge on any atom is 0.163 e. The second-order valence-electron chi connectivity index (χ2n) is 3.15. The molecule has 3 nitrogen and oxygen atoms in total. The molecule has 1 rings (SSSR count). The summed E-state index contributed by atoms with van der Waals surface area (Å²) in [5.41, 5.74) is -0.0372. The molecular formula is C9H10BrFO3S. The third-order valence-corrected chi connectivity index (χ3v) is 5.49. The molecular weight excluding hydrogens is 287 g/mol. The molecule has 0 heterocycles. The maximum atomic E-state index is 13.2. The van der Waals surface area contributed by atoms with E-state index in [9.17, 15) is 17.9 Å². The van der Waals surface area contributed by atoms with E-state index in [1.54, 1.807) is 0 Å². The van der Waals surface area contributed by atoms with Crippen molar-refractivity contribution in [3.05, 3.63) is 35.6 Å². The standard InChI is InChI=1S/C9H10BrFO3S/c1-15(13,14)9(10)8(12)6-4-2-3-5-7(6)11/h2-5,8-9,12H,1H3/t8-,9+/m1/s1. The van der Waals surface area contributed by atoms with Crippen LogP contribution in [0.5, 0.6) is 0 Å². The summed E-state index contributed by atoms with van der Waals surface area (Å²) in [7, 11) is -3.47. The topological polar surface area (TPSA) is 54.4 Å². The molecule has 1 aromatic rings. The summed E-state index contributed by atoms with van der Waals surface area (Å²) in [6.07, 6.45) is -0.447. The number of benzene rings is 1. The molecule has 84 valence electrons. The molecule has 0 saturated heterocycles. The largest absolute Gasteiger partial charge is 0.386 e. The van der Waals surface area contributed by atoms with Crippen LogP contribution in [-0.4, -0.2) is 23.9 Å². The average molecular weight is 297 g/mol. The Morgan fingerprint density at radius 1 is 1.40 bits per heavy atom. The first kappa shape index (κ1) is 12.6. The molecule has 0 radical (unpaired) electrons. The lowest BCUT2D eigenvalue weighted by molar-refractivity contribution is 0.190. The van der Waals surface area contributed by atoms with Crippen molar-refractivity contribution in [3.63, 3.8) is 0 Å². The molecule has 0 bridgehead atoms. The number of hydrogen-bond acceptors (Lipinski definition) is 3. The fraction of sp³-hybridized carbons (Fsp3) is 0.333. The Morgan fingerprint density at radius 2 is 1.93 bits per heavy atom. The summed E-state index contributed by atoms with van der Waals surface area (Å²) in [4.78, 5) is 0. The van der Waals surface area contributed by atoms with Crippen LogP contribution >= 0.6 is 15.9 Å². The van der Waals surface area contributed by atoms with Crippen molar-refractivity contribution in [1.82, 2.24) is 0 Å². The Kier molecular flexibility index (Phi) is 3.86. The summed E-state index contributed by atoms with van der Waals surface area (Å²) < 4.78 is 34.3. The lowest BCUT2D eigenvalue weighted by Crippen LogP contribution is -2.22. The molecule has 1 aromatic carbocycles. The zero-order valence-corrected chi connectivity index (χ0v) is 10.3. The van der Waals surface area contributed by atoms with Crippen LogP contribution in [0.3, 0.4) is 0 Å². The van der Waals surface area contributed by atoms with Gasteiger partial charge in [0.15, 0.2) is 9.84 Å². The Hall–Kier alpha value is -0.460. The van der Waals surface area contributed by atoms with Gasteiger partial charge in [0.05, 0.1) is 0 Å². The highest BCUT2D eigenvalue weighted by molar-refractivity contribution is 9.11. The quantitative estimate of drug-likeness (QED) is 0.863. The highest BCUT2D eigenvalue weighted by Crippen LogP contribution is 2.27. The first-order valence-electron chi connectivity index (χ1n) is 4.09. The van der Waals surface area contributed by atoms with Gasteiger partial charge in [-0.3, -0.25) is 0 Å². The number of alkyl halides is 1. The zero-order valence-electron chi connectivity index (χ0n) is 7.89. The van der Waals surface area contributed by atoms with Crippen LogP contribution < -0.4 is 0 Å². The maximum absolute atomic E-state index is 13.2. The fourth-order valence-corrected chi connectivity index (χ4v) is 1.99. The number of aliphatic hydroxyl groups excluding tert-OH is 1. The predicted octanol–water partition coefficient (Wildman–Crippen LogP) is 1.62. The van der Waals surface area contributed by atoms with Crippen LogP contribution in [-0.2, 0) is 9.84 Å². The number of hydrogen-bond donors (Lipinski definition) is 1. The van der Waals surface area contributed by atoms with Crippen molar-refractivity contribution in [2.75, 3.05) is 6.26 Å². The van der Waals surface area contributed by atoms with Gasteiger partial charge < -0.3 is 5.11 Å². The monoisotopic (exact) mass is 296 g/mol. The van der Waals surface area contributed by atoms with E-state index >= 15 is 0 Å². The van der Waals surface area contributed by atoms with Crippen molar-refractivity contribution in [1.29, 1.82) is 0 Å². The third-order valence-electron chi connectivity index (χ3n) is 1.88. The van der Waals surface area contributed by atoms with Crippen LogP contribution in [0, 0.1) is 5.82 Å². The van der Waals surface area contributed by atoms with E-state index in [1.807, 2.05) is 0 Å².